The Balaban J connectivity index is 1.72. The van der Waals surface area contributed by atoms with Crippen LogP contribution in [0.25, 0.3) is 10.6 Å². The minimum absolute atomic E-state index is 0.321. The van der Waals surface area contributed by atoms with Gasteiger partial charge < -0.3 is 10.0 Å². The van der Waals surface area contributed by atoms with Gasteiger partial charge in [-0.2, -0.15) is 0 Å². The molecule has 1 aromatic heterocycles. The first-order valence-electron chi connectivity index (χ1n) is 9.32. The van der Waals surface area contributed by atoms with Crippen molar-refractivity contribution in [1.82, 2.24) is 9.88 Å². The molecule has 4 rings (SSSR count). The number of anilines is 1. The molecule has 2 aromatic rings. The van der Waals surface area contributed by atoms with Gasteiger partial charge in [0.2, 0.25) is 0 Å². The quantitative estimate of drug-likeness (QED) is 0.902. The van der Waals surface area contributed by atoms with E-state index in [0.29, 0.717) is 0 Å². The zero-order chi connectivity index (χ0) is 17.4. The molecule has 0 amide bonds. The third-order valence-corrected chi connectivity index (χ3v) is 6.58. The number of aromatic nitrogens is 1. The van der Waals surface area contributed by atoms with Crippen molar-refractivity contribution in [1.29, 1.82) is 0 Å². The van der Waals surface area contributed by atoms with E-state index < -0.39 is 0 Å². The summed E-state index contributed by atoms with van der Waals surface area (Å²) in [6.07, 6.45) is 5.20. The van der Waals surface area contributed by atoms with Crippen molar-refractivity contribution in [3.63, 3.8) is 0 Å². The van der Waals surface area contributed by atoms with Crippen LogP contribution in [0.5, 0.6) is 0 Å². The highest BCUT2D eigenvalue weighted by Gasteiger charge is 2.24. The molecule has 1 fully saturated rings. The molecule has 0 bridgehead atoms. The van der Waals surface area contributed by atoms with Crippen molar-refractivity contribution < 1.29 is 5.11 Å². The molecule has 5 heteroatoms. The fraction of sp³-hybridized carbons (Fsp3) is 0.550. The molecule has 1 unspecified atom stereocenters. The molecule has 0 saturated carbocycles. The number of aliphatic hydroxyl groups is 1. The van der Waals surface area contributed by atoms with E-state index in [1.165, 1.54) is 42.7 Å². The van der Waals surface area contributed by atoms with Crippen LogP contribution in [0.2, 0.25) is 0 Å². The van der Waals surface area contributed by atoms with E-state index in [0.717, 1.165) is 41.4 Å². The molecule has 1 saturated heterocycles. The van der Waals surface area contributed by atoms with Gasteiger partial charge >= 0.3 is 0 Å². The van der Waals surface area contributed by atoms with Gasteiger partial charge in [0.1, 0.15) is 5.01 Å². The highest BCUT2D eigenvalue weighted by atomic mass is 32.1. The van der Waals surface area contributed by atoms with E-state index in [1.807, 2.05) is 0 Å². The molecule has 2 aliphatic rings. The van der Waals surface area contributed by atoms with Crippen molar-refractivity contribution >= 4 is 17.0 Å². The van der Waals surface area contributed by atoms with Crippen molar-refractivity contribution in [3.05, 3.63) is 34.3 Å². The molecule has 1 aliphatic heterocycles. The molecule has 134 valence electrons. The van der Waals surface area contributed by atoms with E-state index in [1.54, 1.807) is 11.3 Å². The van der Waals surface area contributed by atoms with Crippen LogP contribution >= 0.6 is 11.3 Å². The van der Waals surface area contributed by atoms with Crippen LogP contribution in [0.4, 0.5) is 5.69 Å². The Hall–Kier alpha value is -1.43. The number of hydrogen-bond donors (Lipinski definition) is 1. The topological polar surface area (TPSA) is 39.6 Å². The number of likely N-dealkylation sites (tertiary alicyclic amines) is 1. The van der Waals surface area contributed by atoms with Crippen LogP contribution < -0.4 is 4.90 Å². The number of fused-ring (bicyclic) bond motifs is 1. The Bertz CT molecular complexity index is 749. The Morgan fingerprint density at radius 3 is 2.76 bits per heavy atom. The average molecular weight is 358 g/mol. The van der Waals surface area contributed by atoms with E-state index in [4.69, 9.17) is 4.98 Å². The fourth-order valence-electron chi connectivity index (χ4n) is 3.89. The first-order chi connectivity index (χ1) is 12.1. The van der Waals surface area contributed by atoms with Gasteiger partial charge in [-0.15, -0.1) is 11.3 Å². The molecule has 1 aliphatic carbocycles. The summed E-state index contributed by atoms with van der Waals surface area (Å²) in [7, 11) is 4.18. The van der Waals surface area contributed by atoms with Crippen LogP contribution in [0.1, 0.15) is 47.9 Å². The number of aryl methyl sites for hydroxylation is 1. The second-order valence-corrected chi connectivity index (χ2v) is 8.49. The largest absolute Gasteiger partial charge is 0.388 e. The molecule has 1 N–H and O–H groups in total. The summed E-state index contributed by atoms with van der Waals surface area (Å²) in [5, 5.41) is 11.4. The molecule has 0 radical (unpaired) electrons. The maximum Gasteiger partial charge on any atom is 0.124 e. The van der Waals surface area contributed by atoms with Crippen LogP contribution in [0.3, 0.4) is 0 Å². The summed E-state index contributed by atoms with van der Waals surface area (Å²) < 4.78 is 0. The number of rotatable bonds is 4. The maximum absolute atomic E-state index is 10.3. The van der Waals surface area contributed by atoms with Crippen LogP contribution in [0.15, 0.2) is 18.2 Å². The van der Waals surface area contributed by atoms with Crippen LogP contribution in [-0.4, -0.2) is 42.2 Å². The van der Waals surface area contributed by atoms with E-state index >= 15 is 0 Å². The van der Waals surface area contributed by atoms with Crippen molar-refractivity contribution in [2.45, 2.75) is 44.8 Å². The predicted octanol–water partition coefficient (Wildman–Crippen LogP) is 3.84. The number of aliphatic hydroxyl groups excluding tert-OH is 1. The molecular formula is C20H27N3OS. The summed E-state index contributed by atoms with van der Waals surface area (Å²) >= 11 is 1.69. The zero-order valence-electron chi connectivity index (χ0n) is 15.2. The second-order valence-electron chi connectivity index (χ2n) is 7.46. The lowest BCUT2D eigenvalue weighted by Crippen LogP contribution is -2.19. The molecule has 1 aromatic carbocycles. The maximum atomic E-state index is 10.3. The number of thiazole rings is 1. The molecule has 0 spiro atoms. The Morgan fingerprint density at radius 1 is 1.24 bits per heavy atom. The van der Waals surface area contributed by atoms with Gasteiger partial charge in [-0.1, -0.05) is 0 Å². The Labute approximate surface area is 154 Å². The second kappa shape index (κ2) is 7.06. The number of hydrogen-bond acceptors (Lipinski definition) is 5. The standard InChI is InChI=1S/C20H27N3OS/c1-22(2)15-8-9-16(14(12-15)13-23-10-3-4-11-23)20-21-17-6-5-7-18(24)19(17)25-20/h8-9,12,18,24H,3-7,10-11,13H2,1-2H3. The van der Waals surface area contributed by atoms with Crippen molar-refractivity contribution in [2.24, 2.45) is 0 Å². The number of nitrogens with zero attached hydrogens (tertiary/aromatic N) is 3. The highest BCUT2D eigenvalue weighted by molar-refractivity contribution is 7.15. The first-order valence-corrected chi connectivity index (χ1v) is 10.1. The SMILES string of the molecule is CN(C)c1ccc(-c2nc3c(s2)C(O)CCC3)c(CN2CCCC2)c1. The summed E-state index contributed by atoms with van der Waals surface area (Å²) in [4.78, 5) is 10.7. The van der Waals surface area contributed by atoms with E-state index in [2.05, 4.69) is 42.1 Å². The number of benzene rings is 1. The molecular weight excluding hydrogens is 330 g/mol. The molecule has 25 heavy (non-hydrogen) atoms. The van der Waals surface area contributed by atoms with Crippen LogP contribution in [-0.2, 0) is 13.0 Å². The first kappa shape index (κ1) is 17.0. The van der Waals surface area contributed by atoms with Gasteiger partial charge in [0.15, 0.2) is 0 Å². The van der Waals surface area contributed by atoms with Gasteiger partial charge in [0.25, 0.3) is 0 Å². The summed E-state index contributed by atoms with van der Waals surface area (Å²) in [5.41, 5.74) is 4.94. The smallest absolute Gasteiger partial charge is 0.124 e. The van der Waals surface area contributed by atoms with Gasteiger partial charge in [-0.05, 0) is 69.0 Å². The average Bonchev–Trinajstić information content (AvgIpc) is 3.25. The van der Waals surface area contributed by atoms with Gasteiger partial charge in [0.05, 0.1) is 16.7 Å². The predicted molar refractivity (Wildman–Crippen MR) is 104 cm³/mol. The third kappa shape index (κ3) is 3.46. The van der Waals surface area contributed by atoms with Crippen molar-refractivity contribution in [2.75, 3.05) is 32.1 Å². The van der Waals surface area contributed by atoms with E-state index in [-0.39, 0.29) is 6.10 Å². The monoisotopic (exact) mass is 357 g/mol. The fourth-order valence-corrected chi connectivity index (χ4v) is 5.08. The minimum atomic E-state index is -0.321. The van der Waals surface area contributed by atoms with Gasteiger partial charge in [-0.3, -0.25) is 4.90 Å². The normalized spacial score (nSPS) is 20.7. The Kier molecular flexibility index (Phi) is 4.80. The van der Waals surface area contributed by atoms with Gasteiger partial charge in [-0.25, -0.2) is 4.98 Å². The summed E-state index contributed by atoms with van der Waals surface area (Å²) in [5.74, 6) is 0. The minimum Gasteiger partial charge on any atom is -0.388 e. The lowest BCUT2D eigenvalue weighted by atomic mass is 10.0. The third-order valence-electron chi connectivity index (χ3n) is 5.35. The lowest BCUT2D eigenvalue weighted by molar-refractivity contribution is 0.160. The molecule has 2 heterocycles. The zero-order valence-corrected chi connectivity index (χ0v) is 16.0. The van der Waals surface area contributed by atoms with Gasteiger partial charge in [0, 0.05) is 31.9 Å². The van der Waals surface area contributed by atoms with Crippen molar-refractivity contribution in [3.8, 4) is 10.6 Å². The lowest BCUT2D eigenvalue weighted by Gasteiger charge is -2.20. The Morgan fingerprint density at radius 2 is 2.04 bits per heavy atom. The summed E-state index contributed by atoms with van der Waals surface area (Å²) in [6.45, 7) is 3.38. The molecule has 4 nitrogen and oxygen atoms in total. The van der Waals surface area contributed by atoms with Crippen LogP contribution in [0, 0.1) is 0 Å². The summed E-state index contributed by atoms with van der Waals surface area (Å²) in [6, 6.07) is 6.71. The van der Waals surface area contributed by atoms with E-state index in [9.17, 15) is 5.11 Å². The highest BCUT2D eigenvalue weighted by Crippen LogP contribution is 2.39. The molecule has 1 atom stereocenters.